The first-order valence-electron chi connectivity index (χ1n) is 4.91. The van der Waals surface area contributed by atoms with Crippen LogP contribution in [0.4, 0.5) is 5.13 Å². The summed E-state index contributed by atoms with van der Waals surface area (Å²) in [6.07, 6.45) is 2.58. The third-order valence-electron chi connectivity index (χ3n) is 2.35. The number of rotatable bonds is 2. The summed E-state index contributed by atoms with van der Waals surface area (Å²) < 4.78 is 2.93. The molecule has 3 rings (SSSR count). The summed E-state index contributed by atoms with van der Waals surface area (Å²) in [5, 5.41) is 10.8. The van der Waals surface area contributed by atoms with E-state index in [0.717, 1.165) is 21.6 Å². The van der Waals surface area contributed by atoms with Crippen molar-refractivity contribution in [2.75, 3.05) is 5.73 Å². The molecule has 0 radical (unpaired) electrons. The van der Waals surface area contributed by atoms with Crippen LogP contribution in [0.3, 0.4) is 0 Å². The van der Waals surface area contributed by atoms with Crippen molar-refractivity contribution in [2.24, 2.45) is 0 Å². The predicted octanol–water partition coefficient (Wildman–Crippen LogP) is 2.12. The Kier molecular flexibility index (Phi) is 2.56. The lowest BCUT2D eigenvalue weighted by Crippen LogP contribution is -1.97. The van der Waals surface area contributed by atoms with Gasteiger partial charge in [0.15, 0.2) is 10.8 Å². The summed E-state index contributed by atoms with van der Waals surface area (Å²) in [6, 6.07) is 3.85. The number of hydrogen-bond acceptors (Lipinski definition) is 5. The molecule has 0 aliphatic heterocycles. The molecule has 2 N–H and O–H groups in total. The molecule has 0 saturated heterocycles. The van der Waals surface area contributed by atoms with Gasteiger partial charge in [-0.2, -0.15) is 0 Å². The molecule has 5 nitrogen and oxygen atoms in total. The van der Waals surface area contributed by atoms with E-state index in [1.165, 1.54) is 11.3 Å². The standard InChI is InChI=1S/C10H8BrN5S/c11-6-1-2-8-14-15-9(16(8)4-6)3-7-5-17-10(12)13-7/h1-2,4-5H,3H2,(H2,12,13). The maximum Gasteiger partial charge on any atom is 0.180 e. The van der Waals surface area contributed by atoms with E-state index in [1.807, 2.05) is 28.1 Å². The van der Waals surface area contributed by atoms with Crippen molar-refractivity contribution in [3.8, 4) is 0 Å². The number of pyridine rings is 1. The van der Waals surface area contributed by atoms with Gasteiger partial charge in [-0.25, -0.2) is 4.98 Å². The van der Waals surface area contributed by atoms with E-state index in [-0.39, 0.29) is 0 Å². The van der Waals surface area contributed by atoms with Gasteiger partial charge < -0.3 is 5.73 Å². The average Bonchev–Trinajstić information content (AvgIpc) is 2.87. The maximum absolute atomic E-state index is 5.60. The van der Waals surface area contributed by atoms with Crippen LogP contribution in [0.25, 0.3) is 5.65 Å². The van der Waals surface area contributed by atoms with Crippen LogP contribution in [0.15, 0.2) is 28.2 Å². The maximum atomic E-state index is 5.60. The molecular formula is C10H8BrN5S. The molecule has 3 aromatic rings. The summed E-state index contributed by atoms with van der Waals surface area (Å²) in [5.41, 5.74) is 7.35. The lowest BCUT2D eigenvalue weighted by atomic mass is 10.3. The fraction of sp³-hybridized carbons (Fsp3) is 0.100. The van der Waals surface area contributed by atoms with E-state index in [4.69, 9.17) is 5.73 Å². The Balaban J connectivity index is 2.03. The van der Waals surface area contributed by atoms with E-state index < -0.39 is 0 Å². The Morgan fingerprint density at radius 3 is 3.00 bits per heavy atom. The van der Waals surface area contributed by atoms with Crippen molar-refractivity contribution < 1.29 is 0 Å². The van der Waals surface area contributed by atoms with Crippen LogP contribution in [-0.4, -0.2) is 19.6 Å². The summed E-state index contributed by atoms with van der Waals surface area (Å²) in [4.78, 5) is 4.22. The van der Waals surface area contributed by atoms with Gasteiger partial charge in [0, 0.05) is 16.0 Å². The van der Waals surface area contributed by atoms with Gasteiger partial charge in [-0.3, -0.25) is 4.40 Å². The molecular weight excluding hydrogens is 302 g/mol. The Hall–Kier alpha value is -1.47. The molecule has 0 aromatic carbocycles. The molecule has 86 valence electrons. The van der Waals surface area contributed by atoms with E-state index >= 15 is 0 Å². The van der Waals surface area contributed by atoms with Gasteiger partial charge in [0.1, 0.15) is 5.82 Å². The molecule has 0 unspecified atom stereocenters. The fourth-order valence-electron chi connectivity index (χ4n) is 1.60. The van der Waals surface area contributed by atoms with Crippen molar-refractivity contribution in [2.45, 2.75) is 6.42 Å². The predicted molar refractivity (Wildman–Crippen MR) is 70.0 cm³/mol. The van der Waals surface area contributed by atoms with Gasteiger partial charge in [0.25, 0.3) is 0 Å². The van der Waals surface area contributed by atoms with Crippen molar-refractivity contribution in [3.05, 3.63) is 39.7 Å². The molecule has 0 atom stereocenters. The van der Waals surface area contributed by atoms with E-state index in [0.29, 0.717) is 11.6 Å². The number of aromatic nitrogens is 4. The molecule has 7 heteroatoms. The first-order valence-corrected chi connectivity index (χ1v) is 6.59. The summed E-state index contributed by atoms with van der Waals surface area (Å²) >= 11 is 4.87. The highest BCUT2D eigenvalue weighted by atomic mass is 79.9. The minimum Gasteiger partial charge on any atom is -0.375 e. The number of halogens is 1. The normalized spacial score (nSPS) is 11.1. The molecule has 0 fully saturated rings. The number of anilines is 1. The van der Waals surface area contributed by atoms with Crippen LogP contribution in [0.2, 0.25) is 0 Å². The van der Waals surface area contributed by atoms with Crippen LogP contribution in [-0.2, 0) is 6.42 Å². The Morgan fingerprint density at radius 2 is 2.24 bits per heavy atom. The molecule has 0 aliphatic rings. The second-order valence-electron chi connectivity index (χ2n) is 3.55. The van der Waals surface area contributed by atoms with Crippen molar-refractivity contribution >= 4 is 38.0 Å². The topological polar surface area (TPSA) is 69.1 Å². The number of hydrogen-bond donors (Lipinski definition) is 1. The zero-order valence-corrected chi connectivity index (χ0v) is 11.1. The van der Waals surface area contributed by atoms with Crippen LogP contribution >= 0.6 is 27.3 Å². The van der Waals surface area contributed by atoms with E-state index in [9.17, 15) is 0 Å². The van der Waals surface area contributed by atoms with Gasteiger partial charge in [0.2, 0.25) is 0 Å². The smallest absolute Gasteiger partial charge is 0.180 e. The molecule has 3 heterocycles. The lowest BCUT2D eigenvalue weighted by Gasteiger charge is -1.98. The average molecular weight is 310 g/mol. The van der Waals surface area contributed by atoms with Crippen LogP contribution in [0.1, 0.15) is 11.5 Å². The van der Waals surface area contributed by atoms with Gasteiger partial charge in [-0.15, -0.1) is 21.5 Å². The third kappa shape index (κ3) is 2.03. The molecule has 3 aromatic heterocycles. The van der Waals surface area contributed by atoms with E-state index in [1.54, 1.807) is 0 Å². The summed E-state index contributed by atoms with van der Waals surface area (Å²) in [7, 11) is 0. The van der Waals surface area contributed by atoms with Crippen LogP contribution in [0, 0.1) is 0 Å². The molecule has 0 amide bonds. The largest absolute Gasteiger partial charge is 0.375 e. The van der Waals surface area contributed by atoms with Crippen molar-refractivity contribution in [1.82, 2.24) is 19.6 Å². The number of fused-ring (bicyclic) bond motifs is 1. The Labute approximate surface area is 109 Å². The molecule has 17 heavy (non-hydrogen) atoms. The Bertz CT molecular complexity index is 674. The number of nitrogens with zero attached hydrogens (tertiary/aromatic N) is 4. The van der Waals surface area contributed by atoms with Crippen LogP contribution < -0.4 is 5.73 Å². The SMILES string of the molecule is Nc1nc(Cc2nnc3ccc(Br)cn23)cs1. The van der Waals surface area contributed by atoms with Gasteiger partial charge >= 0.3 is 0 Å². The van der Waals surface area contributed by atoms with E-state index in [2.05, 4.69) is 31.1 Å². The minimum absolute atomic E-state index is 0.579. The molecule has 0 bridgehead atoms. The highest BCUT2D eigenvalue weighted by molar-refractivity contribution is 9.10. The fourth-order valence-corrected chi connectivity index (χ4v) is 2.50. The molecule has 0 saturated carbocycles. The zero-order valence-electron chi connectivity index (χ0n) is 8.67. The summed E-state index contributed by atoms with van der Waals surface area (Å²) in [6.45, 7) is 0. The van der Waals surface area contributed by atoms with Crippen molar-refractivity contribution in [3.63, 3.8) is 0 Å². The number of nitrogens with two attached hydrogens (primary N) is 1. The summed E-state index contributed by atoms with van der Waals surface area (Å²) in [5.74, 6) is 0.853. The second-order valence-corrected chi connectivity index (χ2v) is 5.35. The minimum atomic E-state index is 0.579. The highest BCUT2D eigenvalue weighted by Gasteiger charge is 2.08. The van der Waals surface area contributed by atoms with Gasteiger partial charge in [0.05, 0.1) is 12.1 Å². The number of thiazole rings is 1. The van der Waals surface area contributed by atoms with Gasteiger partial charge in [-0.1, -0.05) is 0 Å². The van der Waals surface area contributed by atoms with Crippen LogP contribution in [0.5, 0.6) is 0 Å². The molecule has 0 aliphatic carbocycles. The monoisotopic (exact) mass is 309 g/mol. The third-order valence-corrected chi connectivity index (χ3v) is 3.54. The Morgan fingerprint density at radius 1 is 1.35 bits per heavy atom. The quantitative estimate of drug-likeness (QED) is 0.787. The highest BCUT2D eigenvalue weighted by Crippen LogP contribution is 2.16. The lowest BCUT2D eigenvalue weighted by molar-refractivity contribution is 0.915. The zero-order chi connectivity index (χ0) is 11.8. The second kappa shape index (κ2) is 4.08. The number of nitrogen functional groups attached to an aromatic ring is 1. The van der Waals surface area contributed by atoms with Crippen molar-refractivity contribution in [1.29, 1.82) is 0 Å². The van der Waals surface area contributed by atoms with Gasteiger partial charge in [-0.05, 0) is 28.1 Å². The first kappa shape index (κ1) is 10.7. The first-order chi connectivity index (χ1) is 8.22. The molecule has 0 spiro atoms.